The summed E-state index contributed by atoms with van der Waals surface area (Å²) in [5.41, 5.74) is 0.286. The number of hydrogen-bond acceptors (Lipinski definition) is 6. The molecule has 2 atom stereocenters. The van der Waals surface area contributed by atoms with Crippen LogP contribution in [0.25, 0.3) is 0 Å². The molecular weight excluding hydrogens is 462 g/mol. The van der Waals surface area contributed by atoms with E-state index in [1.54, 1.807) is 31.3 Å². The number of likely N-dealkylation sites (N-methyl/N-ethyl adjacent to an activating group) is 1. The molecule has 2 rings (SSSR count). The van der Waals surface area contributed by atoms with E-state index >= 15 is 0 Å². The lowest BCUT2D eigenvalue weighted by Crippen LogP contribution is -2.50. The number of para-hydroxylation sites is 1. The van der Waals surface area contributed by atoms with Crippen molar-refractivity contribution < 1.29 is 23.9 Å². The molecule has 0 spiro atoms. The number of nitrogens with one attached hydrogen (secondary N) is 3. The van der Waals surface area contributed by atoms with Crippen LogP contribution in [0.1, 0.15) is 49.9 Å². The molecule has 1 aliphatic rings. The number of carbonyl (C=O) groups is 4. The van der Waals surface area contributed by atoms with Gasteiger partial charge in [-0.05, 0) is 58.0 Å². The van der Waals surface area contributed by atoms with Crippen LogP contribution in [0, 0.1) is 5.92 Å². The van der Waals surface area contributed by atoms with Crippen molar-refractivity contribution >= 4 is 23.6 Å². The second-order valence-corrected chi connectivity index (χ2v) is 9.87. The summed E-state index contributed by atoms with van der Waals surface area (Å²) in [4.78, 5) is 55.4. The average molecular weight is 504 g/mol. The monoisotopic (exact) mass is 503 g/mol. The van der Waals surface area contributed by atoms with Crippen molar-refractivity contribution in [2.45, 2.75) is 51.6 Å². The van der Waals surface area contributed by atoms with Gasteiger partial charge in [-0.2, -0.15) is 0 Å². The maximum absolute atomic E-state index is 13.1. The van der Waals surface area contributed by atoms with Gasteiger partial charge in [-0.25, -0.2) is 0 Å². The summed E-state index contributed by atoms with van der Waals surface area (Å²) in [5.74, 6) is -0.799. The Morgan fingerprint density at radius 3 is 2.61 bits per heavy atom. The van der Waals surface area contributed by atoms with E-state index in [-0.39, 0.29) is 55.2 Å². The summed E-state index contributed by atoms with van der Waals surface area (Å²) >= 11 is 0. The molecule has 0 aromatic heterocycles. The molecule has 200 valence electrons. The van der Waals surface area contributed by atoms with Gasteiger partial charge in [0, 0.05) is 20.0 Å². The van der Waals surface area contributed by atoms with Crippen molar-refractivity contribution in [1.82, 2.24) is 25.8 Å². The molecule has 0 radical (unpaired) electrons. The minimum Gasteiger partial charge on any atom is -0.491 e. The van der Waals surface area contributed by atoms with E-state index in [1.807, 2.05) is 32.8 Å². The first-order valence-corrected chi connectivity index (χ1v) is 12.6. The molecule has 1 heterocycles. The molecule has 0 saturated carbocycles. The number of ether oxygens (including phenoxy) is 1. The SMILES string of the molecule is CC(C)C[C@H]1NC(=O)CC[C@@H](C(=O)NCCCN(C)C)NC(=O)c2ccccc2OCCN(C)C1=O. The summed E-state index contributed by atoms with van der Waals surface area (Å²) in [6, 6.07) is 5.18. The van der Waals surface area contributed by atoms with Gasteiger partial charge in [-0.15, -0.1) is 0 Å². The first-order chi connectivity index (χ1) is 17.1. The summed E-state index contributed by atoms with van der Waals surface area (Å²) < 4.78 is 5.84. The van der Waals surface area contributed by atoms with Gasteiger partial charge in [-0.3, -0.25) is 19.2 Å². The van der Waals surface area contributed by atoms with Crippen LogP contribution in [0.2, 0.25) is 0 Å². The molecule has 10 heteroatoms. The molecule has 0 aliphatic carbocycles. The number of carbonyl (C=O) groups excluding carboxylic acids is 4. The molecule has 0 fully saturated rings. The third-order valence-corrected chi connectivity index (χ3v) is 5.90. The Bertz CT molecular complexity index is 904. The van der Waals surface area contributed by atoms with Crippen LogP contribution in [0.15, 0.2) is 24.3 Å². The Morgan fingerprint density at radius 2 is 1.92 bits per heavy atom. The normalized spacial score (nSPS) is 20.1. The fourth-order valence-electron chi connectivity index (χ4n) is 3.92. The number of hydrogen-bond donors (Lipinski definition) is 3. The standard InChI is InChI=1S/C26H41N5O5/c1-18(2)17-21-26(35)31(5)15-16-36-22-10-7-6-9-19(22)24(33)29-20(11-12-23(32)28-21)25(34)27-13-8-14-30(3)4/h6-7,9-10,18,20-21H,8,11-17H2,1-5H3,(H,27,34)(H,28,32)(H,29,33)/t20-,21+/m0/s1. The Kier molecular flexibility index (Phi) is 11.7. The number of nitrogens with zero attached hydrogens (tertiary/aromatic N) is 2. The molecule has 1 aromatic carbocycles. The van der Waals surface area contributed by atoms with E-state index in [0.717, 1.165) is 13.0 Å². The lowest BCUT2D eigenvalue weighted by molar-refractivity contribution is -0.136. The van der Waals surface area contributed by atoms with Crippen molar-refractivity contribution in [2.24, 2.45) is 5.92 Å². The van der Waals surface area contributed by atoms with Crippen LogP contribution in [-0.2, 0) is 14.4 Å². The molecule has 1 aliphatic heterocycles. The topological polar surface area (TPSA) is 120 Å². The first kappa shape index (κ1) is 29.1. The smallest absolute Gasteiger partial charge is 0.255 e. The van der Waals surface area contributed by atoms with E-state index in [9.17, 15) is 19.2 Å². The molecule has 0 saturated heterocycles. The Labute approximate surface area is 214 Å². The van der Waals surface area contributed by atoms with Crippen molar-refractivity contribution in [3.05, 3.63) is 29.8 Å². The molecule has 0 unspecified atom stereocenters. The molecule has 36 heavy (non-hydrogen) atoms. The van der Waals surface area contributed by atoms with Crippen LogP contribution in [0.3, 0.4) is 0 Å². The van der Waals surface area contributed by atoms with E-state index in [4.69, 9.17) is 4.74 Å². The molecular formula is C26H41N5O5. The van der Waals surface area contributed by atoms with Gasteiger partial charge in [0.15, 0.2) is 0 Å². The minimum absolute atomic E-state index is 0.0141. The molecule has 4 amide bonds. The van der Waals surface area contributed by atoms with Crippen LogP contribution in [0.5, 0.6) is 5.75 Å². The molecule has 0 bridgehead atoms. The predicted molar refractivity (Wildman–Crippen MR) is 138 cm³/mol. The van der Waals surface area contributed by atoms with Gasteiger partial charge in [0.25, 0.3) is 5.91 Å². The van der Waals surface area contributed by atoms with Gasteiger partial charge >= 0.3 is 0 Å². The third kappa shape index (κ3) is 9.49. The van der Waals surface area contributed by atoms with Gasteiger partial charge < -0.3 is 30.5 Å². The number of fused-ring (bicyclic) bond motifs is 1. The maximum atomic E-state index is 13.1. The number of rotatable bonds is 7. The highest BCUT2D eigenvalue weighted by Crippen LogP contribution is 2.19. The second kappa shape index (κ2) is 14.4. The van der Waals surface area contributed by atoms with E-state index in [2.05, 4.69) is 16.0 Å². The summed E-state index contributed by atoms with van der Waals surface area (Å²) in [6.45, 7) is 5.70. The Morgan fingerprint density at radius 1 is 1.19 bits per heavy atom. The predicted octanol–water partition coefficient (Wildman–Crippen LogP) is 1.01. The lowest BCUT2D eigenvalue weighted by atomic mass is 10.0. The number of amides is 4. The van der Waals surface area contributed by atoms with Crippen LogP contribution in [0.4, 0.5) is 0 Å². The van der Waals surface area contributed by atoms with Crippen LogP contribution >= 0.6 is 0 Å². The fourth-order valence-corrected chi connectivity index (χ4v) is 3.92. The largest absolute Gasteiger partial charge is 0.491 e. The quantitative estimate of drug-likeness (QED) is 0.478. The highest BCUT2D eigenvalue weighted by Gasteiger charge is 2.28. The van der Waals surface area contributed by atoms with E-state index in [0.29, 0.717) is 18.7 Å². The van der Waals surface area contributed by atoms with Crippen molar-refractivity contribution in [2.75, 3.05) is 47.4 Å². The van der Waals surface area contributed by atoms with Gasteiger partial charge in [-0.1, -0.05) is 26.0 Å². The third-order valence-electron chi connectivity index (χ3n) is 5.90. The zero-order valence-corrected chi connectivity index (χ0v) is 22.1. The molecule has 3 N–H and O–H groups in total. The maximum Gasteiger partial charge on any atom is 0.255 e. The highest BCUT2D eigenvalue weighted by atomic mass is 16.5. The van der Waals surface area contributed by atoms with Gasteiger partial charge in [0.2, 0.25) is 17.7 Å². The van der Waals surface area contributed by atoms with Crippen molar-refractivity contribution in [1.29, 1.82) is 0 Å². The molecule has 10 nitrogen and oxygen atoms in total. The second-order valence-electron chi connectivity index (χ2n) is 9.87. The summed E-state index contributed by atoms with van der Waals surface area (Å²) in [5, 5.41) is 8.46. The summed E-state index contributed by atoms with van der Waals surface area (Å²) in [7, 11) is 5.57. The zero-order valence-electron chi connectivity index (χ0n) is 22.1. The van der Waals surface area contributed by atoms with E-state index < -0.39 is 18.0 Å². The van der Waals surface area contributed by atoms with Crippen LogP contribution in [-0.4, -0.2) is 92.9 Å². The van der Waals surface area contributed by atoms with Gasteiger partial charge in [0.1, 0.15) is 24.4 Å². The van der Waals surface area contributed by atoms with Gasteiger partial charge in [0.05, 0.1) is 12.1 Å². The lowest BCUT2D eigenvalue weighted by Gasteiger charge is -2.26. The molecule has 1 aromatic rings. The summed E-state index contributed by atoms with van der Waals surface area (Å²) in [6.07, 6.45) is 1.33. The highest BCUT2D eigenvalue weighted by molar-refractivity contribution is 5.99. The Balaban J connectivity index is 2.26. The average Bonchev–Trinajstić information content (AvgIpc) is 2.82. The number of benzene rings is 1. The first-order valence-electron chi connectivity index (χ1n) is 12.6. The minimum atomic E-state index is -0.914. The zero-order chi connectivity index (χ0) is 26.7. The van der Waals surface area contributed by atoms with Crippen molar-refractivity contribution in [3.63, 3.8) is 0 Å². The van der Waals surface area contributed by atoms with E-state index in [1.165, 1.54) is 4.90 Å². The Hall–Kier alpha value is -3.14. The fraction of sp³-hybridized carbons (Fsp3) is 0.615. The van der Waals surface area contributed by atoms with Crippen LogP contribution < -0.4 is 20.7 Å². The van der Waals surface area contributed by atoms with Crippen molar-refractivity contribution in [3.8, 4) is 5.75 Å².